The second kappa shape index (κ2) is 7.26. The van der Waals surface area contributed by atoms with Crippen molar-refractivity contribution in [3.8, 4) is 5.75 Å². The van der Waals surface area contributed by atoms with E-state index in [1.165, 1.54) is 18.3 Å². The van der Waals surface area contributed by atoms with Gasteiger partial charge in [0.1, 0.15) is 5.75 Å². The zero-order chi connectivity index (χ0) is 18.7. The van der Waals surface area contributed by atoms with Gasteiger partial charge in [0.25, 0.3) is 11.5 Å². The highest BCUT2D eigenvalue weighted by Gasteiger charge is 2.10. The van der Waals surface area contributed by atoms with E-state index >= 15 is 0 Å². The number of amides is 1. The van der Waals surface area contributed by atoms with Crippen LogP contribution in [0.1, 0.15) is 21.5 Å². The van der Waals surface area contributed by atoms with Gasteiger partial charge < -0.3 is 20.0 Å². The van der Waals surface area contributed by atoms with E-state index in [4.69, 9.17) is 4.74 Å². The van der Waals surface area contributed by atoms with E-state index in [1.54, 1.807) is 7.11 Å². The number of fused-ring (bicyclic) bond motifs is 1. The summed E-state index contributed by atoms with van der Waals surface area (Å²) in [5, 5.41) is 3.65. The third-order valence-corrected chi connectivity index (χ3v) is 4.22. The molecular weight excluding hydrogens is 334 g/mol. The third-order valence-electron chi connectivity index (χ3n) is 4.22. The molecule has 0 aliphatic carbocycles. The monoisotopic (exact) mass is 353 g/mol. The quantitative estimate of drug-likeness (QED) is 0.647. The molecular formula is C19H19N3O4. The van der Waals surface area contributed by atoms with Crippen LogP contribution in [0.15, 0.2) is 46.1 Å². The van der Waals surface area contributed by atoms with Gasteiger partial charge in [-0.05, 0) is 37.1 Å². The Kier molecular flexibility index (Phi) is 4.88. The van der Waals surface area contributed by atoms with Crippen LogP contribution >= 0.6 is 0 Å². The smallest absolute Gasteiger partial charge is 0.252 e. The van der Waals surface area contributed by atoms with Crippen molar-refractivity contribution >= 4 is 16.8 Å². The summed E-state index contributed by atoms with van der Waals surface area (Å²) in [6, 6.07) is 8.32. The number of ether oxygens (including phenoxy) is 1. The van der Waals surface area contributed by atoms with Gasteiger partial charge >= 0.3 is 0 Å². The normalized spacial score (nSPS) is 10.7. The molecule has 0 atom stereocenters. The summed E-state index contributed by atoms with van der Waals surface area (Å²) in [5.74, 6) is 0.303. The van der Waals surface area contributed by atoms with E-state index in [-0.39, 0.29) is 17.0 Å². The molecule has 134 valence electrons. The SMILES string of the molecule is COc1ccc(C)c2cc(CCNC(=O)c3ccc(=O)[nH]c3)c(=O)[nH]c12. The molecule has 0 aliphatic heterocycles. The average Bonchev–Trinajstić information content (AvgIpc) is 2.63. The number of nitrogens with one attached hydrogen (secondary N) is 3. The van der Waals surface area contributed by atoms with Crippen LogP contribution < -0.4 is 21.2 Å². The summed E-state index contributed by atoms with van der Waals surface area (Å²) >= 11 is 0. The molecule has 3 rings (SSSR count). The number of aromatic nitrogens is 2. The Morgan fingerprint density at radius 1 is 1.19 bits per heavy atom. The summed E-state index contributed by atoms with van der Waals surface area (Å²) < 4.78 is 5.29. The van der Waals surface area contributed by atoms with Crippen LogP contribution in [0, 0.1) is 6.92 Å². The molecule has 0 aliphatic rings. The van der Waals surface area contributed by atoms with E-state index in [0.29, 0.717) is 35.4 Å². The Hall–Kier alpha value is -3.35. The lowest BCUT2D eigenvalue weighted by Gasteiger charge is -2.10. The zero-order valence-corrected chi connectivity index (χ0v) is 14.5. The molecule has 0 radical (unpaired) electrons. The van der Waals surface area contributed by atoms with Gasteiger partial charge in [0.2, 0.25) is 5.56 Å². The minimum absolute atomic E-state index is 0.209. The van der Waals surface area contributed by atoms with Crippen LogP contribution in [-0.4, -0.2) is 29.5 Å². The number of aryl methyl sites for hydroxylation is 1. The van der Waals surface area contributed by atoms with Crippen LogP contribution in [-0.2, 0) is 6.42 Å². The van der Waals surface area contributed by atoms with E-state index in [1.807, 2.05) is 25.1 Å². The van der Waals surface area contributed by atoms with Crippen LogP contribution in [0.5, 0.6) is 5.75 Å². The van der Waals surface area contributed by atoms with Crippen LogP contribution in [0.2, 0.25) is 0 Å². The standard InChI is InChI=1S/C19H19N3O4/c1-11-3-5-15(26-2)17-14(11)9-12(19(25)22-17)7-8-20-18(24)13-4-6-16(23)21-10-13/h3-6,9-10H,7-8H2,1-2H3,(H,20,24)(H,21,23)(H,22,25). The van der Waals surface area contributed by atoms with E-state index in [9.17, 15) is 14.4 Å². The molecule has 3 aromatic rings. The molecule has 0 saturated heterocycles. The Morgan fingerprint density at radius 3 is 2.69 bits per heavy atom. The lowest BCUT2D eigenvalue weighted by atomic mass is 10.1. The largest absolute Gasteiger partial charge is 0.495 e. The van der Waals surface area contributed by atoms with Gasteiger partial charge in [-0.1, -0.05) is 6.07 Å². The molecule has 1 aromatic carbocycles. The molecule has 2 heterocycles. The fourth-order valence-electron chi connectivity index (χ4n) is 2.77. The Bertz CT molecular complexity index is 1060. The maximum Gasteiger partial charge on any atom is 0.252 e. The molecule has 0 saturated carbocycles. The zero-order valence-electron chi connectivity index (χ0n) is 14.5. The molecule has 26 heavy (non-hydrogen) atoms. The van der Waals surface area contributed by atoms with Crippen molar-refractivity contribution in [1.82, 2.24) is 15.3 Å². The lowest BCUT2D eigenvalue weighted by Crippen LogP contribution is -2.28. The Morgan fingerprint density at radius 2 is 2.00 bits per heavy atom. The van der Waals surface area contributed by atoms with Crippen molar-refractivity contribution < 1.29 is 9.53 Å². The molecule has 1 amide bonds. The minimum atomic E-state index is -0.309. The summed E-state index contributed by atoms with van der Waals surface area (Å²) in [7, 11) is 1.56. The predicted octanol–water partition coefficient (Wildman–Crippen LogP) is 1.51. The first kappa shape index (κ1) is 17.5. The topological polar surface area (TPSA) is 104 Å². The number of carbonyl (C=O) groups is 1. The van der Waals surface area contributed by atoms with Crippen LogP contribution in [0.4, 0.5) is 0 Å². The van der Waals surface area contributed by atoms with Crippen molar-refractivity contribution in [2.75, 3.05) is 13.7 Å². The summed E-state index contributed by atoms with van der Waals surface area (Å²) in [6.07, 6.45) is 1.74. The molecule has 7 heteroatoms. The van der Waals surface area contributed by atoms with Crippen molar-refractivity contribution in [2.24, 2.45) is 0 Å². The maximum atomic E-state index is 12.3. The van der Waals surface area contributed by atoms with Gasteiger partial charge in [0.05, 0.1) is 18.2 Å². The number of rotatable bonds is 5. The Labute approximate surface area is 149 Å². The molecule has 0 bridgehead atoms. The van der Waals surface area contributed by atoms with Crippen molar-refractivity contribution in [2.45, 2.75) is 13.3 Å². The highest BCUT2D eigenvalue weighted by atomic mass is 16.5. The first-order valence-corrected chi connectivity index (χ1v) is 8.16. The number of H-pyrrole nitrogens is 2. The molecule has 0 fully saturated rings. The molecule has 3 N–H and O–H groups in total. The van der Waals surface area contributed by atoms with Crippen molar-refractivity contribution in [3.05, 3.63) is 73.9 Å². The van der Waals surface area contributed by atoms with Crippen molar-refractivity contribution in [1.29, 1.82) is 0 Å². The lowest BCUT2D eigenvalue weighted by molar-refractivity contribution is 0.0953. The van der Waals surface area contributed by atoms with Gasteiger partial charge in [-0.25, -0.2) is 0 Å². The number of benzene rings is 1. The predicted molar refractivity (Wildman–Crippen MR) is 99.0 cm³/mol. The highest BCUT2D eigenvalue weighted by Crippen LogP contribution is 2.25. The number of pyridine rings is 2. The van der Waals surface area contributed by atoms with Crippen LogP contribution in [0.3, 0.4) is 0 Å². The molecule has 0 unspecified atom stereocenters. The van der Waals surface area contributed by atoms with Gasteiger partial charge in [-0.3, -0.25) is 14.4 Å². The molecule has 0 spiro atoms. The number of hydrogen-bond donors (Lipinski definition) is 3. The second-order valence-corrected chi connectivity index (χ2v) is 5.94. The van der Waals surface area contributed by atoms with Crippen molar-refractivity contribution in [3.63, 3.8) is 0 Å². The summed E-state index contributed by atoms with van der Waals surface area (Å²) in [4.78, 5) is 40.7. The number of hydrogen-bond acceptors (Lipinski definition) is 4. The second-order valence-electron chi connectivity index (χ2n) is 5.94. The minimum Gasteiger partial charge on any atom is -0.495 e. The van der Waals surface area contributed by atoms with E-state index in [0.717, 1.165) is 10.9 Å². The highest BCUT2D eigenvalue weighted by molar-refractivity contribution is 5.93. The van der Waals surface area contributed by atoms with E-state index in [2.05, 4.69) is 15.3 Å². The molecule has 2 aromatic heterocycles. The third kappa shape index (κ3) is 3.51. The number of aromatic amines is 2. The van der Waals surface area contributed by atoms with Crippen LogP contribution in [0.25, 0.3) is 10.9 Å². The first-order chi connectivity index (χ1) is 12.5. The average molecular weight is 353 g/mol. The van der Waals surface area contributed by atoms with Gasteiger partial charge in [0.15, 0.2) is 0 Å². The summed E-state index contributed by atoms with van der Waals surface area (Å²) in [5.41, 5.74) is 2.15. The fourth-order valence-corrected chi connectivity index (χ4v) is 2.77. The summed E-state index contributed by atoms with van der Waals surface area (Å²) in [6.45, 7) is 2.26. The first-order valence-electron chi connectivity index (χ1n) is 8.16. The maximum absolute atomic E-state index is 12.3. The van der Waals surface area contributed by atoms with Gasteiger partial charge in [-0.15, -0.1) is 0 Å². The fraction of sp³-hybridized carbons (Fsp3) is 0.211. The van der Waals surface area contributed by atoms with Gasteiger partial charge in [0, 0.05) is 29.8 Å². The number of methoxy groups -OCH3 is 1. The Balaban J connectivity index is 1.77. The van der Waals surface area contributed by atoms with Gasteiger partial charge in [-0.2, -0.15) is 0 Å². The molecule has 7 nitrogen and oxygen atoms in total. The number of carbonyl (C=O) groups excluding carboxylic acids is 1. The van der Waals surface area contributed by atoms with E-state index < -0.39 is 0 Å².